The number of hydrogen-bond acceptors (Lipinski definition) is 12. The van der Waals surface area contributed by atoms with Crippen molar-refractivity contribution in [2.45, 2.75) is 45.6 Å². The fourth-order valence-electron chi connectivity index (χ4n) is 5.70. The first-order valence-corrected chi connectivity index (χ1v) is 14.9. The van der Waals surface area contributed by atoms with E-state index < -0.39 is 78.5 Å². The molecule has 2 saturated heterocycles. The molecule has 2 aliphatic rings. The van der Waals surface area contributed by atoms with Gasteiger partial charge in [0.05, 0.1) is 39.5 Å². The third kappa shape index (κ3) is 6.32. The minimum absolute atomic E-state index is 0.00146. The highest BCUT2D eigenvalue weighted by atomic mass is 16.5. The van der Waals surface area contributed by atoms with Crippen molar-refractivity contribution >= 4 is 24.5 Å². The molecule has 2 aliphatic heterocycles. The first-order chi connectivity index (χ1) is 23.4. The minimum atomic E-state index is -1.08. The van der Waals surface area contributed by atoms with Crippen LogP contribution in [-0.2, 0) is 40.5 Å². The van der Waals surface area contributed by atoms with Crippen LogP contribution >= 0.6 is 0 Å². The van der Waals surface area contributed by atoms with Gasteiger partial charge in [-0.15, -0.1) is 0 Å². The molecule has 268 valence electrons. The summed E-state index contributed by atoms with van der Waals surface area (Å²) < 4.78 is 19.9. The summed E-state index contributed by atoms with van der Waals surface area (Å²) in [6, 6.07) is -1.30. The summed E-state index contributed by atoms with van der Waals surface area (Å²) in [7, 11) is 2.69. The number of ether oxygens (including phenoxy) is 3. The Hall–Kier alpha value is -5.32. The zero-order chi connectivity index (χ0) is 36.2. The number of amides is 4. The van der Waals surface area contributed by atoms with Gasteiger partial charge in [0.15, 0.2) is 12.3 Å². The molecular formula is C27H38N10O12. The largest absolute Gasteiger partial charge is 0.395 e. The van der Waals surface area contributed by atoms with Crippen LogP contribution < -0.4 is 34.1 Å². The molecular weight excluding hydrogens is 656 g/mol. The van der Waals surface area contributed by atoms with Gasteiger partial charge >= 0.3 is 46.2 Å². The van der Waals surface area contributed by atoms with Gasteiger partial charge in [-0.05, 0) is 6.92 Å². The Morgan fingerprint density at radius 3 is 1.59 bits per heavy atom. The summed E-state index contributed by atoms with van der Waals surface area (Å²) in [5.74, 6) is 0. The molecule has 2 fully saturated rings. The number of nitrogens with zero attached hydrogens (tertiary/aromatic N) is 10. The highest BCUT2D eigenvalue weighted by Crippen LogP contribution is 2.35. The molecule has 0 spiro atoms. The number of likely N-dealkylation sites (N-methyl/N-ethyl adjacent to an activating group) is 1. The molecule has 4 amide bonds. The van der Waals surface area contributed by atoms with Crippen LogP contribution in [0.3, 0.4) is 0 Å². The van der Waals surface area contributed by atoms with Crippen LogP contribution in [0.5, 0.6) is 0 Å². The number of hydrogen-bond donors (Lipinski definition) is 1. The number of aliphatic hydroxyl groups excluding tert-OH is 1. The number of aliphatic hydroxyl groups is 1. The Morgan fingerprint density at radius 1 is 0.612 bits per heavy atom. The summed E-state index contributed by atoms with van der Waals surface area (Å²) in [6.07, 6.45) is -0.294. The number of urea groups is 2. The van der Waals surface area contributed by atoms with E-state index in [-0.39, 0.29) is 46.1 Å². The first-order valence-electron chi connectivity index (χ1n) is 14.9. The second kappa shape index (κ2) is 15.3. The zero-order valence-electron chi connectivity index (χ0n) is 27.2. The molecule has 2 unspecified atom stereocenters. The first kappa shape index (κ1) is 36.5. The molecule has 0 saturated carbocycles. The van der Waals surface area contributed by atoms with Gasteiger partial charge in [-0.3, -0.25) is 14.7 Å². The molecule has 2 atom stereocenters. The monoisotopic (exact) mass is 694 g/mol. The molecule has 0 radical (unpaired) electrons. The second-order valence-corrected chi connectivity index (χ2v) is 10.6. The predicted octanol–water partition coefficient (Wildman–Crippen LogP) is -4.12. The molecule has 49 heavy (non-hydrogen) atoms. The fraction of sp³-hybridized carbons (Fsp3) is 0.556. The summed E-state index contributed by atoms with van der Waals surface area (Å²) in [4.78, 5) is 110. The van der Waals surface area contributed by atoms with E-state index in [0.717, 1.165) is 26.4 Å². The fourth-order valence-corrected chi connectivity index (χ4v) is 5.70. The van der Waals surface area contributed by atoms with E-state index in [1.54, 1.807) is 6.92 Å². The third-order valence-corrected chi connectivity index (χ3v) is 8.00. The molecule has 1 N–H and O–H groups in total. The molecule has 0 aliphatic carbocycles. The van der Waals surface area contributed by atoms with Crippen molar-refractivity contribution in [3.63, 3.8) is 0 Å². The van der Waals surface area contributed by atoms with E-state index in [1.807, 2.05) is 0 Å². The smallest absolute Gasteiger partial charge is 0.344 e. The maximum Gasteiger partial charge on any atom is 0.344 e. The summed E-state index contributed by atoms with van der Waals surface area (Å²) >= 11 is 0. The minimum Gasteiger partial charge on any atom is -0.395 e. The number of aromatic nitrogens is 6. The van der Waals surface area contributed by atoms with Crippen LogP contribution in [0.4, 0.5) is 9.59 Å². The van der Waals surface area contributed by atoms with Crippen molar-refractivity contribution in [2.75, 3.05) is 54.0 Å². The average Bonchev–Trinajstić information content (AvgIpc) is 3.49. The molecule has 22 heteroatoms. The van der Waals surface area contributed by atoms with Crippen LogP contribution in [0, 0.1) is 0 Å². The van der Waals surface area contributed by atoms with E-state index in [0.29, 0.717) is 18.3 Å². The van der Waals surface area contributed by atoms with E-state index in [9.17, 15) is 43.5 Å². The Morgan fingerprint density at radius 2 is 1.10 bits per heavy atom. The standard InChI is InChI=1S/C27H38N10O12/c1-6-28-18-19(36(16-48-5)27(46)34(18)15-35-22(41)29(7-2)21(40)30(8-3)23(35)42)37(20(28)39)17-49-14-11-33-25(44)31(9-12-38)24(43)32(26(33)45)10-13-47-4/h7-8,18-19,38H,2-3,6,9-17H2,1,4-5H3. The van der Waals surface area contributed by atoms with Gasteiger partial charge in [0, 0.05) is 33.2 Å². The van der Waals surface area contributed by atoms with Crippen LogP contribution in [0.25, 0.3) is 12.4 Å². The molecule has 0 aromatic carbocycles. The van der Waals surface area contributed by atoms with Gasteiger partial charge in [0.2, 0.25) is 0 Å². The van der Waals surface area contributed by atoms with Crippen molar-refractivity contribution in [1.82, 2.24) is 47.0 Å². The highest BCUT2D eigenvalue weighted by molar-refractivity contribution is 5.85. The van der Waals surface area contributed by atoms with Crippen molar-refractivity contribution < 1.29 is 28.9 Å². The van der Waals surface area contributed by atoms with Crippen LogP contribution in [0.15, 0.2) is 41.9 Å². The van der Waals surface area contributed by atoms with Gasteiger partial charge in [-0.2, -0.15) is 0 Å². The van der Waals surface area contributed by atoms with Crippen molar-refractivity contribution in [1.29, 1.82) is 0 Å². The van der Waals surface area contributed by atoms with Crippen molar-refractivity contribution in [3.8, 4) is 0 Å². The number of carbonyl (C=O) groups excluding carboxylic acids is 2. The van der Waals surface area contributed by atoms with Crippen molar-refractivity contribution in [3.05, 3.63) is 76.1 Å². The lowest BCUT2D eigenvalue weighted by atomic mass is 10.3. The van der Waals surface area contributed by atoms with Crippen LogP contribution in [0.1, 0.15) is 6.92 Å². The average molecular weight is 695 g/mol. The van der Waals surface area contributed by atoms with Gasteiger partial charge in [-0.1, -0.05) is 13.2 Å². The third-order valence-electron chi connectivity index (χ3n) is 8.00. The predicted molar refractivity (Wildman–Crippen MR) is 169 cm³/mol. The Bertz CT molecular complexity index is 1920. The number of carbonyl (C=O) groups is 2. The Balaban J connectivity index is 1.63. The molecule has 4 rings (SSSR count). The Kier molecular flexibility index (Phi) is 11.4. The van der Waals surface area contributed by atoms with Crippen molar-refractivity contribution in [2.24, 2.45) is 0 Å². The lowest BCUT2D eigenvalue weighted by Gasteiger charge is -2.29. The molecule has 4 heterocycles. The molecule has 2 aromatic rings. The molecule has 2 aromatic heterocycles. The summed E-state index contributed by atoms with van der Waals surface area (Å²) in [5, 5.41) is 9.36. The van der Waals surface area contributed by atoms with E-state index in [2.05, 4.69) is 13.2 Å². The maximum absolute atomic E-state index is 13.7. The van der Waals surface area contributed by atoms with Gasteiger partial charge in [-0.25, -0.2) is 65.8 Å². The number of rotatable bonds is 17. The summed E-state index contributed by atoms with van der Waals surface area (Å²) in [6.45, 7) is 5.51. The topological polar surface area (TPSA) is 227 Å². The van der Waals surface area contributed by atoms with E-state index >= 15 is 0 Å². The number of methoxy groups -OCH3 is 2. The Labute approximate surface area is 276 Å². The quantitative estimate of drug-likeness (QED) is 0.156. The lowest BCUT2D eigenvalue weighted by molar-refractivity contribution is -0.0181. The van der Waals surface area contributed by atoms with Gasteiger partial charge < -0.3 is 24.2 Å². The number of fused-ring (bicyclic) bond motifs is 1. The maximum atomic E-state index is 13.7. The zero-order valence-corrected chi connectivity index (χ0v) is 27.2. The second-order valence-electron chi connectivity index (χ2n) is 10.6. The van der Waals surface area contributed by atoms with Gasteiger partial charge in [0.25, 0.3) is 0 Å². The lowest BCUT2D eigenvalue weighted by Crippen LogP contribution is -2.56. The van der Waals surface area contributed by atoms with E-state index in [1.165, 1.54) is 28.9 Å². The van der Waals surface area contributed by atoms with Crippen LogP contribution in [0.2, 0.25) is 0 Å². The molecule has 22 nitrogen and oxygen atoms in total. The van der Waals surface area contributed by atoms with Gasteiger partial charge in [0.1, 0.15) is 20.1 Å². The van der Waals surface area contributed by atoms with Crippen LogP contribution in [-0.4, -0.2) is 131 Å². The SMILES string of the molecule is C=Cn1c(=O)n(C=C)c(=O)n(CN2C(=O)N(COC)C3C2N(CC)C(=O)N3COCCn2c(=O)n(CCO)c(=O)n(CCOC)c2=O)c1=O. The molecule has 0 bridgehead atoms. The normalized spacial score (nSPS) is 17.4. The highest BCUT2D eigenvalue weighted by Gasteiger charge is 2.59. The summed E-state index contributed by atoms with van der Waals surface area (Å²) in [5.41, 5.74) is -5.96. The van der Waals surface area contributed by atoms with E-state index in [4.69, 9.17) is 14.2 Å².